The van der Waals surface area contributed by atoms with Gasteiger partial charge in [0.05, 0.1) is 6.42 Å². The fraction of sp³-hybridized carbons (Fsp3) is 0.100. The molecule has 6 nitrogen and oxygen atoms in total. The summed E-state index contributed by atoms with van der Waals surface area (Å²) in [6.45, 7) is 0. The Bertz CT molecular complexity index is 495. The van der Waals surface area contributed by atoms with Crippen molar-refractivity contribution in [1.82, 2.24) is 0 Å². The summed E-state index contributed by atoms with van der Waals surface area (Å²) in [5, 5.41) is 22.7. The number of carboxylic acid groups (broad SMARTS) is 1. The summed E-state index contributed by atoms with van der Waals surface area (Å²) in [5.74, 6) is -1.82. The lowest BCUT2D eigenvalue weighted by molar-refractivity contribution is -0.129. The molecule has 0 spiro atoms. The van der Waals surface area contributed by atoms with Gasteiger partial charge in [0.1, 0.15) is 11.4 Å². The van der Waals surface area contributed by atoms with E-state index in [9.17, 15) is 14.7 Å². The van der Waals surface area contributed by atoms with Crippen LogP contribution in [-0.4, -0.2) is 27.8 Å². The highest BCUT2D eigenvalue weighted by molar-refractivity contribution is 6.42. The largest absolute Gasteiger partial charge is 0.506 e. The van der Waals surface area contributed by atoms with E-state index in [0.717, 1.165) is 5.01 Å². The van der Waals surface area contributed by atoms with Gasteiger partial charge in [0.2, 0.25) is 0 Å². The van der Waals surface area contributed by atoms with Gasteiger partial charge in [-0.15, -0.1) is 0 Å². The third-order valence-corrected chi connectivity index (χ3v) is 2.13. The summed E-state index contributed by atoms with van der Waals surface area (Å²) < 4.78 is 0. The Morgan fingerprint density at radius 2 is 2.06 bits per heavy atom. The van der Waals surface area contributed by atoms with Crippen LogP contribution in [0.15, 0.2) is 29.4 Å². The van der Waals surface area contributed by atoms with E-state index in [0.29, 0.717) is 0 Å². The van der Waals surface area contributed by atoms with Gasteiger partial charge in [-0.2, -0.15) is 10.1 Å². The third-order valence-electron chi connectivity index (χ3n) is 2.13. The van der Waals surface area contributed by atoms with Gasteiger partial charge < -0.3 is 10.2 Å². The second-order valence-corrected chi connectivity index (χ2v) is 3.22. The van der Waals surface area contributed by atoms with Gasteiger partial charge in [0.15, 0.2) is 5.71 Å². The summed E-state index contributed by atoms with van der Waals surface area (Å²) in [7, 11) is 0. The molecule has 6 heteroatoms. The molecular weight excluding hydrogens is 212 g/mol. The molecule has 0 atom stereocenters. The molecule has 2 rings (SSSR count). The number of hydrazone groups is 1. The quantitative estimate of drug-likeness (QED) is 0.762. The topological polar surface area (TPSA) is 90.2 Å². The number of carbonyl (C=O) groups is 2. The second-order valence-electron chi connectivity index (χ2n) is 3.22. The van der Waals surface area contributed by atoms with Crippen LogP contribution >= 0.6 is 0 Å². The van der Waals surface area contributed by atoms with Crippen LogP contribution in [-0.2, 0) is 9.59 Å². The van der Waals surface area contributed by atoms with Crippen molar-refractivity contribution in [2.45, 2.75) is 6.42 Å². The maximum absolute atomic E-state index is 11.5. The average Bonchev–Trinajstić information content (AvgIpc) is 2.61. The SMILES string of the molecule is O=C(O)C1=NN(c2ccccc2O)C(=O)C1. The van der Waals surface area contributed by atoms with Gasteiger partial charge in [0.25, 0.3) is 5.91 Å². The predicted molar refractivity (Wildman–Crippen MR) is 55.3 cm³/mol. The van der Waals surface area contributed by atoms with Crippen molar-refractivity contribution >= 4 is 23.3 Å². The first kappa shape index (κ1) is 10.2. The van der Waals surface area contributed by atoms with E-state index < -0.39 is 11.9 Å². The van der Waals surface area contributed by atoms with Crippen LogP contribution in [0.2, 0.25) is 0 Å². The van der Waals surface area contributed by atoms with E-state index in [-0.39, 0.29) is 23.6 Å². The van der Waals surface area contributed by atoms with Crippen molar-refractivity contribution in [3.05, 3.63) is 24.3 Å². The highest BCUT2D eigenvalue weighted by Gasteiger charge is 2.30. The number of para-hydroxylation sites is 2. The van der Waals surface area contributed by atoms with Crippen molar-refractivity contribution in [3.8, 4) is 5.75 Å². The van der Waals surface area contributed by atoms with Gasteiger partial charge in [-0.25, -0.2) is 4.79 Å². The van der Waals surface area contributed by atoms with Crippen LogP contribution in [0, 0.1) is 0 Å². The minimum atomic E-state index is -1.23. The molecule has 1 aromatic rings. The molecule has 0 unspecified atom stereocenters. The second kappa shape index (κ2) is 3.65. The molecule has 0 aromatic heterocycles. The monoisotopic (exact) mass is 220 g/mol. The Morgan fingerprint density at radius 3 is 2.62 bits per heavy atom. The van der Waals surface area contributed by atoms with E-state index in [4.69, 9.17) is 5.11 Å². The molecule has 0 radical (unpaired) electrons. The van der Waals surface area contributed by atoms with Crippen molar-refractivity contribution in [2.24, 2.45) is 5.10 Å². The first-order valence-corrected chi connectivity index (χ1v) is 4.51. The minimum absolute atomic E-state index is 0.119. The van der Waals surface area contributed by atoms with Crippen LogP contribution in [0.1, 0.15) is 6.42 Å². The number of aliphatic carboxylic acids is 1. The number of phenolic OH excluding ortho intramolecular Hbond substituents is 1. The lowest BCUT2D eigenvalue weighted by Crippen LogP contribution is -2.19. The maximum atomic E-state index is 11.5. The van der Waals surface area contributed by atoms with Crippen molar-refractivity contribution in [2.75, 3.05) is 5.01 Å². The average molecular weight is 220 g/mol. The number of amides is 1. The number of rotatable bonds is 2. The van der Waals surface area contributed by atoms with Gasteiger partial charge in [0, 0.05) is 0 Å². The molecule has 1 heterocycles. The molecule has 0 bridgehead atoms. The van der Waals surface area contributed by atoms with Crippen LogP contribution in [0.5, 0.6) is 5.75 Å². The number of anilines is 1. The Hall–Kier alpha value is -2.37. The lowest BCUT2D eigenvalue weighted by Gasteiger charge is -2.12. The zero-order valence-electron chi connectivity index (χ0n) is 8.12. The first-order valence-electron chi connectivity index (χ1n) is 4.51. The third kappa shape index (κ3) is 1.60. The highest BCUT2D eigenvalue weighted by Crippen LogP contribution is 2.29. The zero-order chi connectivity index (χ0) is 11.7. The molecular formula is C10H8N2O4. The molecule has 82 valence electrons. The van der Waals surface area contributed by atoms with Crippen molar-refractivity contribution in [3.63, 3.8) is 0 Å². The molecule has 1 aliphatic rings. The number of hydrogen-bond acceptors (Lipinski definition) is 4. The molecule has 0 aliphatic carbocycles. The smallest absolute Gasteiger partial charge is 0.352 e. The molecule has 0 fully saturated rings. The summed E-state index contributed by atoms with van der Waals surface area (Å²) in [6.07, 6.45) is -0.260. The fourth-order valence-electron chi connectivity index (χ4n) is 1.38. The maximum Gasteiger partial charge on any atom is 0.352 e. The van der Waals surface area contributed by atoms with E-state index in [1.54, 1.807) is 12.1 Å². The molecule has 16 heavy (non-hydrogen) atoms. The Balaban J connectivity index is 2.39. The Morgan fingerprint density at radius 1 is 1.38 bits per heavy atom. The zero-order valence-corrected chi connectivity index (χ0v) is 8.12. The van der Waals surface area contributed by atoms with Crippen LogP contribution in [0.3, 0.4) is 0 Å². The van der Waals surface area contributed by atoms with E-state index in [1.807, 2.05) is 0 Å². The normalized spacial score (nSPS) is 15.1. The molecule has 0 saturated carbocycles. The van der Waals surface area contributed by atoms with Gasteiger partial charge >= 0.3 is 5.97 Å². The van der Waals surface area contributed by atoms with Gasteiger partial charge in [-0.05, 0) is 12.1 Å². The van der Waals surface area contributed by atoms with E-state index in [1.165, 1.54) is 12.1 Å². The highest BCUT2D eigenvalue weighted by atomic mass is 16.4. The summed E-state index contributed by atoms with van der Waals surface area (Å²) in [6, 6.07) is 6.11. The Kier molecular flexibility index (Phi) is 2.32. The fourth-order valence-corrected chi connectivity index (χ4v) is 1.38. The van der Waals surface area contributed by atoms with Crippen LogP contribution < -0.4 is 5.01 Å². The number of carboxylic acids is 1. The Labute approximate surface area is 90.4 Å². The summed E-state index contributed by atoms with van der Waals surface area (Å²) in [5.41, 5.74) is -0.0444. The number of aromatic hydroxyl groups is 1. The van der Waals surface area contributed by atoms with E-state index >= 15 is 0 Å². The van der Waals surface area contributed by atoms with Crippen LogP contribution in [0.25, 0.3) is 0 Å². The van der Waals surface area contributed by atoms with Crippen molar-refractivity contribution < 1.29 is 19.8 Å². The molecule has 1 aromatic carbocycles. The number of benzene rings is 1. The molecule has 0 saturated heterocycles. The van der Waals surface area contributed by atoms with Crippen LogP contribution in [0.4, 0.5) is 5.69 Å². The first-order chi connectivity index (χ1) is 7.59. The predicted octanol–water partition coefficient (Wildman–Crippen LogP) is 0.570. The lowest BCUT2D eigenvalue weighted by atomic mass is 10.2. The molecule has 1 aliphatic heterocycles. The molecule has 1 amide bonds. The number of hydrogen-bond donors (Lipinski definition) is 2. The van der Waals surface area contributed by atoms with Gasteiger partial charge in [-0.1, -0.05) is 12.1 Å². The van der Waals surface area contributed by atoms with Gasteiger partial charge in [-0.3, -0.25) is 4.79 Å². The number of nitrogens with zero attached hydrogens (tertiary/aromatic N) is 2. The molecule has 2 N–H and O–H groups in total. The number of carbonyl (C=O) groups excluding carboxylic acids is 1. The summed E-state index contributed by atoms with van der Waals surface area (Å²) >= 11 is 0. The minimum Gasteiger partial charge on any atom is -0.506 e. The number of phenols is 1. The van der Waals surface area contributed by atoms with Crippen molar-refractivity contribution in [1.29, 1.82) is 0 Å². The summed E-state index contributed by atoms with van der Waals surface area (Å²) in [4.78, 5) is 22.1. The standard InChI is InChI=1S/C10H8N2O4/c13-8-4-2-1-3-7(8)12-9(14)5-6(11-12)10(15)16/h1-4,13H,5H2,(H,15,16). The van der Waals surface area contributed by atoms with E-state index in [2.05, 4.69) is 5.10 Å².